The first-order valence-electron chi connectivity index (χ1n) is 8.90. The molecular weight excluding hydrogens is 308 g/mol. The van der Waals surface area contributed by atoms with Gasteiger partial charge in [0.05, 0.1) is 38.6 Å². The van der Waals surface area contributed by atoms with Gasteiger partial charge in [-0.15, -0.1) is 0 Å². The van der Waals surface area contributed by atoms with Crippen molar-refractivity contribution in [3.8, 4) is 0 Å². The second-order valence-corrected chi connectivity index (χ2v) is 6.74. The van der Waals surface area contributed by atoms with Gasteiger partial charge in [0.1, 0.15) is 11.5 Å². The van der Waals surface area contributed by atoms with E-state index in [1.807, 2.05) is 32.9 Å². The molecule has 0 spiro atoms. The van der Waals surface area contributed by atoms with Crippen LogP contribution in [0, 0.1) is 6.92 Å². The summed E-state index contributed by atoms with van der Waals surface area (Å²) >= 11 is 0. The number of furan rings is 1. The normalized spacial score (nSPS) is 17.8. The van der Waals surface area contributed by atoms with Crippen LogP contribution in [0.15, 0.2) is 16.5 Å². The molecular formula is C18H32N2O4. The Morgan fingerprint density at radius 2 is 2.04 bits per heavy atom. The maximum Gasteiger partial charge on any atom is 0.118 e. The van der Waals surface area contributed by atoms with Gasteiger partial charge in [-0.25, -0.2) is 0 Å². The average Bonchev–Trinajstić information content (AvgIpc) is 2.96. The van der Waals surface area contributed by atoms with E-state index < -0.39 is 6.10 Å². The standard InChI is InChI=1S/C18H32N2O4/c1-15(2)23-14-17(21)12-20(13-18-5-4-16(3)24-18)7-6-19-8-10-22-11-9-19/h4-5,15,17,21H,6-14H2,1-3H3/t17-/m0/s1. The number of hydrogen-bond donors (Lipinski definition) is 1. The minimum atomic E-state index is -0.492. The first-order chi connectivity index (χ1) is 11.5. The Kier molecular flexibility index (Phi) is 8.21. The van der Waals surface area contributed by atoms with E-state index in [0.717, 1.165) is 50.9 Å². The van der Waals surface area contributed by atoms with Gasteiger partial charge in [0.25, 0.3) is 0 Å². The maximum absolute atomic E-state index is 10.3. The minimum Gasteiger partial charge on any atom is -0.465 e. The van der Waals surface area contributed by atoms with Crippen LogP contribution in [0.4, 0.5) is 0 Å². The Bertz CT molecular complexity index is 458. The molecule has 138 valence electrons. The summed E-state index contributed by atoms with van der Waals surface area (Å²) < 4.78 is 16.6. The van der Waals surface area contributed by atoms with Crippen molar-refractivity contribution in [2.45, 2.75) is 39.5 Å². The van der Waals surface area contributed by atoms with Gasteiger partial charge in [0.15, 0.2) is 0 Å². The van der Waals surface area contributed by atoms with Gasteiger partial charge < -0.3 is 19.0 Å². The third-order valence-corrected chi connectivity index (χ3v) is 4.10. The van der Waals surface area contributed by atoms with E-state index in [0.29, 0.717) is 19.7 Å². The largest absolute Gasteiger partial charge is 0.465 e. The lowest BCUT2D eigenvalue weighted by Gasteiger charge is -2.30. The topological polar surface area (TPSA) is 58.3 Å². The first-order valence-corrected chi connectivity index (χ1v) is 8.90. The summed E-state index contributed by atoms with van der Waals surface area (Å²) in [5, 5.41) is 10.3. The molecule has 6 heteroatoms. The Labute approximate surface area is 145 Å². The molecule has 0 unspecified atom stereocenters. The number of ether oxygens (including phenoxy) is 2. The van der Waals surface area contributed by atoms with Crippen LogP contribution in [0.25, 0.3) is 0 Å². The van der Waals surface area contributed by atoms with Gasteiger partial charge in [-0.2, -0.15) is 0 Å². The molecule has 0 aliphatic carbocycles. The predicted molar refractivity (Wildman–Crippen MR) is 93.1 cm³/mol. The fourth-order valence-electron chi connectivity index (χ4n) is 2.79. The first kappa shape index (κ1) is 19.4. The molecule has 1 aromatic heterocycles. The molecule has 1 N–H and O–H groups in total. The molecule has 1 aliphatic rings. The Morgan fingerprint density at radius 1 is 1.29 bits per heavy atom. The SMILES string of the molecule is Cc1ccc(CN(CCN2CCOCC2)C[C@H](O)COC(C)C)o1. The lowest BCUT2D eigenvalue weighted by molar-refractivity contribution is -0.0137. The van der Waals surface area contributed by atoms with E-state index in [1.54, 1.807) is 0 Å². The zero-order chi connectivity index (χ0) is 17.4. The van der Waals surface area contributed by atoms with Crippen LogP contribution in [0.3, 0.4) is 0 Å². The second kappa shape index (κ2) is 10.2. The highest BCUT2D eigenvalue weighted by Crippen LogP contribution is 2.11. The van der Waals surface area contributed by atoms with E-state index >= 15 is 0 Å². The summed E-state index contributed by atoms with van der Waals surface area (Å²) in [4.78, 5) is 4.64. The second-order valence-electron chi connectivity index (χ2n) is 6.74. The third kappa shape index (κ3) is 7.32. The van der Waals surface area contributed by atoms with E-state index in [4.69, 9.17) is 13.9 Å². The summed E-state index contributed by atoms with van der Waals surface area (Å²) in [7, 11) is 0. The lowest BCUT2D eigenvalue weighted by atomic mass is 10.3. The van der Waals surface area contributed by atoms with Crippen molar-refractivity contribution in [3.05, 3.63) is 23.7 Å². The fraction of sp³-hybridized carbons (Fsp3) is 0.778. The van der Waals surface area contributed by atoms with Crippen LogP contribution in [0.1, 0.15) is 25.4 Å². The molecule has 0 aromatic carbocycles. The summed E-state index contributed by atoms with van der Waals surface area (Å²) in [6.07, 6.45) is -0.359. The molecule has 0 saturated carbocycles. The zero-order valence-corrected chi connectivity index (χ0v) is 15.2. The molecule has 0 amide bonds. The Hall–Kier alpha value is -0.920. The van der Waals surface area contributed by atoms with E-state index in [9.17, 15) is 5.11 Å². The highest BCUT2D eigenvalue weighted by molar-refractivity contribution is 5.05. The highest BCUT2D eigenvalue weighted by atomic mass is 16.5. The molecule has 0 bridgehead atoms. The maximum atomic E-state index is 10.3. The van der Waals surface area contributed by atoms with Crippen molar-refractivity contribution in [3.63, 3.8) is 0 Å². The van der Waals surface area contributed by atoms with Crippen molar-refractivity contribution in [2.24, 2.45) is 0 Å². The number of aliphatic hydroxyl groups is 1. The summed E-state index contributed by atoms with van der Waals surface area (Å²) in [5.74, 6) is 1.85. The van der Waals surface area contributed by atoms with Crippen LogP contribution in [0.2, 0.25) is 0 Å². The van der Waals surface area contributed by atoms with Gasteiger partial charge in [-0.1, -0.05) is 0 Å². The van der Waals surface area contributed by atoms with Crippen molar-refractivity contribution in [2.75, 3.05) is 52.5 Å². The minimum absolute atomic E-state index is 0.133. The molecule has 2 heterocycles. The van der Waals surface area contributed by atoms with Gasteiger partial charge in [0, 0.05) is 32.7 Å². The highest BCUT2D eigenvalue weighted by Gasteiger charge is 2.17. The van der Waals surface area contributed by atoms with Crippen molar-refractivity contribution >= 4 is 0 Å². The number of aliphatic hydroxyl groups excluding tert-OH is 1. The smallest absolute Gasteiger partial charge is 0.118 e. The number of aryl methyl sites for hydroxylation is 1. The van der Waals surface area contributed by atoms with E-state index in [1.165, 1.54) is 0 Å². The monoisotopic (exact) mass is 340 g/mol. The molecule has 6 nitrogen and oxygen atoms in total. The van der Waals surface area contributed by atoms with Crippen LogP contribution < -0.4 is 0 Å². The van der Waals surface area contributed by atoms with Crippen LogP contribution >= 0.6 is 0 Å². The summed E-state index contributed by atoms with van der Waals surface area (Å²) in [6.45, 7) is 13.0. The quantitative estimate of drug-likeness (QED) is 0.697. The van der Waals surface area contributed by atoms with Gasteiger partial charge >= 0.3 is 0 Å². The van der Waals surface area contributed by atoms with Crippen LogP contribution in [-0.4, -0.2) is 79.7 Å². The summed E-state index contributed by atoms with van der Waals surface area (Å²) in [5.41, 5.74) is 0. The van der Waals surface area contributed by atoms with E-state index in [2.05, 4.69) is 9.80 Å². The van der Waals surface area contributed by atoms with Crippen molar-refractivity contribution < 1.29 is 19.0 Å². The summed E-state index contributed by atoms with van der Waals surface area (Å²) in [6, 6.07) is 3.99. The van der Waals surface area contributed by atoms with E-state index in [-0.39, 0.29) is 6.10 Å². The number of rotatable bonds is 10. The molecule has 1 atom stereocenters. The predicted octanol–water partition coefficient (Wildman–Crippen LogP) is 1.51. The van der Waals surface area contributed by atoms with Crippen LogP contribution in [-0.2, 0) is 16.0 Å². The van der Waals surface area contributed by atoms with Gasteiger partial charge in [-0.05, 0) is 32.9 Å². The number of hydrogen-bond acceptors (Lipinski definition) is 6. The molecule has 1 fully saturated rings. The Balaban J connectivity index is 1.84. The molecule has 1 saturated heterocycles. The zero-order valence-electron chi connectivity index (χ0n) is 15.2. The fourth-order valence-corrected chi connectivity index (χ4v) is 2.79. The van der Waals surface area contributed by atoms with Gasteiger partial charge in [-0.3, -0.25) is 9.80 Å². The molecule has 0 radical (unpaired) electrons. The van der Waals surface area contributed by atoms with Crippen molar-refractivity contribution in [1.29, 1.82) is 0 Å². The third-order valence-electron chi connectivity index (χ3n) is 4.10. The Morgan fingerprint density at radius 3 is 2.67 bits per heavy atom. The lowest BCUT2D eigenvalue weighted by Crippen LogP contribution is -2.43. The average molecular weight is 340 g/mol. The molecule has 2 rings (SSSR count). The molecule has 24 heavy (non-hydrogen) atoms. The molecule has 1 aliphatic heterocycles. The number of morpholine rings is 1. The van der Waals surface area contributed by atoms with Crippen molar-refractivity contribution in [1.82, 2.24) is 9.80 Å². The molecule has 1 aromatic rings. The van der Waals surface area contributed by atoms with Gasteiger partial charge in [0.2, 0.25) is 0 Å². The van der Waals surface area contributed by atoms with Crippen LogP contribution in [0.5, 0.6) is 0 Å². The number of nitrogens with zero attached hydrogens (tertiary/aromatic N) is 2.